The number of nitrogens with zero attached hydrogens (tertiary/aromatic N) is 1. The molecule has 3 heteroatoms. The highest BCUT2D eigenvalue weighted by molar-refractivity contribution is 5.43. The molecular formula is C10H12NO2. The molecule has 3 nitrogen and oxygen atoms in total. The monoisotopic (exact) mass is 178 g/mol. The van der Waals surface area contributed by atoms with E-state index in [-0.39, 0.29) is 16.0 Å². The van der Waals surface area contributed by atoms with Gasteiger partial charge in [0, 0.05) is 11.6 Å². The van der Waals surface area contributed by atoms with Crippen LogP contribution in [0.1, 0.15) is 26.3 Å². The van der Waals surface area contributed by atoms with Gasteiger partial charge in [-0.1, -0.05) is 32.9 Å². The van der Waals surface area contributed by atoms with Gasteiger partial charge in [0.2, 0.25) is 0 Å². The Labute approximate surface area is 77.5 Å². The van der Waals surface area contributed by atoms with E-state index in [1.807, 2.05) is 20.8 Å². The first kappa shape index (κ1) is 9.71. The van der Waals surface area contributed by atoms with Crippen molar-refractivity contribution in [2.75, 3.05) is 0 Å². The Morgan fingerprint density at radius 3 is 2.46 bits per heavy atom. The van der Waals surface area contributed by atoms with E-state index in [1.165, 1.54) is 6.07 Å². The highest BCUT2D eigenvalue weighted by Crippen LogP contribution is 2.30. The molecule has 1 aromatic carbocycles. The lowest BCUT2D eigenvalue weighted by atomic mass is 9.86. The molecule has 0 saturated carbocycles. The van der Waals surface area contributed by atoms with E-state index >= 15 is 0 Å². The maximum absolute atomic E-state index is 10.7. The second-order valence-corrected chi connectivity index (χ2v) is 3.95. The van der Waals surface area contributed by atoms with Gasteiger partial charge in [-0.05, 0) is 11.5 Å². The zero-order valence-electron chi connectivity index (χ0n) is 8.00. The number of rotatable bonds is 1. The van der Waals surface area contributed by atoms with Crippen LogP contribution in [0.3, 0.4) is 0 Å². The predicted octanol–water partition coefficient (Wildman–Crippen LogP) is 2.69. The molecular weight excluding hydrogens is 166 g/mol. The Balaban J connectivity index is 3.28. The molecule has 1 radical (unpaired) electrons. The molecule has 0 fully saturated rings. The van der Waals surface area contributed by atoms with Gasteiger partial charge in [0.1, 0.15) is 0 Å². The molecule has 0 aromatic heterocycles. The zero-order chi connectivity index (χ0) is 10.1. The van der Waals surface area contributed by atoms with Gasteiger partial charge in [0.25, 0.3) is 5.69 Å². The van der Waals surface area contributed by atoms with Crippen molar-refractivity contribution in [1.29, 1.82) is 0 Å². The molecule has 1 aromatic rings. The topological polar surface area (TPSA) is 43.1 Å². The summed E-state index contributed by atoms with van der Waals surface area (Å²) in [6.45, 7) is 5.86. The van der Waals surface area contributed by atoms with Crippen LogP contribution in [0.15, 0.2) is 18.2 Å². The standard InChI is InChI=1S/C10H12NO2/c1-10(2,3)8-6-4-5-7-9(8)11(12)13/h4,6-7H,1-3H3. The van der Waals surface area contributed by atoms with Gasteiger partial charge in [0.15, 0.2) is 0 Å². The molecule has 0 atom stereocenters. The van der Waals surface area contributed by atoms with Crippen molar-refractivity contribution in [3.8, 4) is 0 Å². The SMILES string of the molecule is CC(C)(C)c1cc[c]cc1[N+](=O)[O-]. The summed E-state index contributed by atoms with van der Waals surface area (Å²) in [6, 6.07) is 7.58. The molecule has 0 heterocycles. The van der Waals surface area contributed by atoms with Crippen LogP contribution in [0, 0.1) is 16.2 Å². The molecule has 13 heavy (non-hydrogen) atoms. The van der Waals surface area contributed by atoms with Crippen molar-refractivity contribution in [3.63, 3.8) is 0 Å². The fraction of sp³-hybridized carbons (Fsp3) is 0.400. The number of hydrogen-bond donors (Lipinski definition) is 0. The zero-order valence-corrected chi connectivity index (χ0v) is 8.00. The van der Waals surface area contributed by atoms with E-state index in [0.717, 1.165) is 5.56 Å². The summed E-state index contributed by atoms with van der Waals surface area (Å²) in [5, 5.41) is 10.7. The highest BCUT2D eigenvalue weighted by atomic mass is 16.6. The Kier molecular flexibility index (Phi) is 2.36. The van der Waals surface area contributed by atoms with Crippen LogP contribution in [0.2, 0.25) is 0 Å². The van der Waals surface area contributed by atoms with Crippen LogP contribution < -0.4 is 0 Å². The van der Waals surface area contributed by atoms with E-state index in [9.17, 15) is 10.1 Å². The molecule has 0 amide bonds. The lowest BCUT2D eigenvalue weighted by Crippen LogP contribution is -2.13. The molecule has 0 aliphatic heterocycles. The first-order valence-corrected chi connectivity index (χ1v) is 4.08. The van der Waals surface area contributed by atoms with Crippen LogP contribution in [0.4, 0.5) is 5.69 Å². The van der Waals surface area contributed by atoms with Gasteiger partial charge in [-0.2, -0.15) is 0 Å². The molecule has 0 aliphatic carbocycles. The fourth-order valence-corrected chi connectivity index (χ4v) is 1.21. The second-order valence-electron chi connectivity index (χ2n) is 3.95. The maximum Gasteiger partial charge on any atom is 0.273 e. The van der Waals surface area contributed by atoms with E-state index in [0.29, 0.717) is 0 Å². The third kappa shape index (κ3) is 2.05. The first-order chi connectivity index (χ1) is 5.93. The minimum Gasteiger partial charge on any atom is -0.258 e. The number of benzene rings is 1. The Morgan fingerprint density at radius 2 is 2.08 bits per heavy atom. The van der Waals surface area contributed by atoms with Crippen LogP contribution in [-0.2, 0) is 5.41 Å². The molecule has 1 rings (SSSR count). The van der Waals surface area contributed by atoms with Gasteiger partial charge in [-0.25, -0.2) is 0 Å². The Hall–Kier alpha value is -1.38. The van der Waals surface area contributed by atoms with Crippen LogP contribution in [0.25, 0.3) is 0 Å². The Bertz CT molecular complexity index is 326. The van der Waals surface area contributed by atoms with Gasteiger partial charge in [-0.3, -0.25) is 10.1 Å². The van der Waals surface area contributed by atoms with Crippen molar-refractivity contribution >= 4 is 5.69 Å². The third-order valence-electron chi connectivity index (χ3n) is 1.85. The summed E-state index contributed by atoms with van der Waals surface area (Å²) < 4.78 is 0. The minimum absolute atomic E-state index is 0.148. The van der Waals surface area contributed by atoms with Gasteiger partial charge >= 0.3 is 0 Å². The van der Waals surface area contributed by atoms with Crippen molar-refractivity contribution < 1.29 is 4.92 Å². The third-order valence-corrected chi connectivity index (χ3v) is 1.85. The summed E-state index contributed by atoms with van der Waals surface area (Å²) in [6.07, 6.45) is 0. The van der Waals surface area contributed by atoms with Crippen molar-refractivity contribution in [2.45, 2.75) is 26.2 Å². The van der Waals surface area contributed by atoms with Crippen molar-refractivity contribution in [3.05, 3.63) is 39.9 Å². The minimum atomic E-state index is -0.364. The van der Waals surface area contributed by atoms with Gasteiger partial charge in [0.05, 0.1) is 4.92 Å². The lowest BCUT2D eigenvalue weighted by molar-refractivity contribution is -0.386. The average Bonchev–Trinajstić information content (AvgIpc) is 2.03. The summed E-state index contributed by atoms with van der Waals surface area (Å²) >= 11 is 0. The smallest absolute Gasteiger partial charge is 0.258 e. The van der Waals surface area contributed by atoms with Crippen LogP contribution in [0.5, 0.6) is 0 Å². The summed E-state index contributed by atoms with van der Waals surface area (Å²) in [5.74, 6) is 0. The van der Waals surface area contributed by atoms with Gasteiger partial charge in [-0.15, -0.1) is 0 Å². The quantitative estimate of drug-likeness (QED) is 0.490. The molecule has 0 N–H and O–H groups in total. The lowest BCUT2D eigenvalue weighted by Gasteiger charge is -2.18. The summed E-state index contributed by atoms with van der Waals surface area (Å²) in [7, 11) is 0. The van der Waals surface area contributed by atoms with Crippen molar-refractivity contribution in [1.82, 2.24) is 0 Å². The van der Waals surface area contributed by atoms with Crippen LogP contribution >= 0.6 is 0 Å². The molecule has 0 saturated heterocycles. The second kappa shape index (κ2) is 3.17. The van der Waals surface area contributed by atoms with Crippen LogP contribution in [-0.4, -0.2) is 4.92 Å². The van der Waals surface area contributed by atoms with Crippen molar-refractivity contribution in [2.24, 2.45) is 0 Å². The average molecular weight is 178 g/mol. The van der Waals surface area contributed by atoms with E-state index < -0.39 is 0 Å². The summed E-state index contributed by atoms with van der Waals surface area (Å²) in [4.78, 5) is 10.3. The van der Waals surface area contributed by atoms with Gasteiger partial charge < -0.3 is 0 Å². The normalized spacial score (nSPS) is 11.3. The molecule has 0 bridgehead atoms. The Morgan fingerprint density at radius 1 is 1.46 bits per heavy atom. The number of nitro groups is 1. The highest BCUT2D eigenvalue weighted by Gasteiger charge is 2.23. The number of hydrogen-bond acceptors (Lipinski definition) is 2. The number of nitro benzene ring substituents is 1. The largest absolute Gasteiger partial charge is 0.273 e. The first-order valence-electron chi connectivity index (χ1n) is 4.08. The molecule has 69 valence electrons. The van der Waals surface area contributed by atoms with E-state index in [4.69, 9.17) is 0 Å². The van der Waals surface area contributed by atoms with E-state index in [2.05, 4.69) is 6.07 Å². The summed E-state index contributed by atoms with van der Waals surface area (Å²) in [5.41, 5.74) is 0.698. The maximum atomic E-state index is 10.7. The molecule has 0 unspecified atom stereocenters. The molecule has 0 spiro atoms. The molecule has 0 aliphatic rings. The fourth-order valence-electron chi connectivity index (χ4n) is 1.21. The predicted molar refractivity (Wildman–Crippen MR) is 50.6 cm³/mol. The van der Waals surface area contributed by atoms with E-state index in [1.54, 1.807) is 12.1 Å².